The van der Waals surface area contributed by atoms with Crippen LogP contribution in [0.5, 0.6) is 0 Å². The Balaban J connectivity index is 1.64. The number of benzene rings is 2. The number of aromatic nitrogens is 3. The summed E-state index contributed by atoms with van der Waals surface area (Å²) in [6.07, 6.45) is 0.664. The molecule has 0 bridgehead atoms. The lowest BCUT2D eigenvalue weighted by molar-refractivity contribution is 0.450. The van der Waals surface area contributed by atoms with Crippen molar-refractivity contribution < 1.29 is 4.52 Å². The van der Waals surface area contributed by atoms with E-state index in [1.54, 1.807) is 0 Å². The van der Waals surface area contributed by atoms with E-state index in [2.05, 4.69) is 32.5 Å². The van der Waals surface area contributed by atoms with Crippen molar-refractivity contribution in [2.24, 2.45) is 0 Å². The van der Waals surface area contributed by atoms with Crippen LogP contribution in [0.2, 0.25) is 0 Å². The summed E-state index contributed by atoms with van der Waals surface area (Å²) in [5.41, 5.74) is 3.54. The predicted molar refractivity (Wildman–Crippen MR) is 109 cm³/mol. The van der Waals surface area contributed by atoms with Crippen molar-refractivity contribution in [3.05, 3.63) is 72.1 Å². The second kappa shape index (κ2) is 7.40. The first-order valence-electron chi connectivity index (χ1n) is 9.60. The lowest BCUT2D eigenvalue weighted by Gasteiger charge is -2.29. The molecule has 0 saturated carbocycles. The smallest absolute Gasteiger partial charge is 0.263 e. The van der Waals surface area contributed by atoms with Gasteiger partial charge in [0.05, 0.1) is 0 Å². The van der Waals surface area contributed by atoms with Gasteiger partial charge in [-0.25, -0.2) is 4.98 Å². The van der Waals surface area contributed by atoms with Crippen LogP contribution < -0.4 is 10.2 Å². The molecule has 0 unspecified atom stereocenters. The van der Waals surface area contributed by atoms with Crippen LogP contribution in [-0.2, 0) is 6.42 Å². The molecule has 1 aliphatic heterocycles. The van der Waals surface area contributed by atoms with Crippen LogP contribution in [0.25, 0.3) is 22.4 Å². The molecule has 0 atom stereocenters. The van der Waals surface area contributed by atoms with E-state index < -0.39 is 0 Å². The van der Waals surface area contributed by atoms with Crippen LogP contribution in [0.1, 0.15) is 11.4 Å². The van der Waals surface area contributed by atoms with Gasteiger partial charge in [-0.15, -0.1) is 0 Å². The number of piperazine rings is 1. The molecular formula is C22H21N5O. The maximum Gasteiger partial charge on any atom is 0.263 e. The lowest BCUT2D eigenvalue weighted by Crippen LogP contribution is -2.44. The van der Waals surface area contributed by atoms with E-state index in [4.69, 9.17) is 9.51 Å². The molecule has 6 heteroatoms. The Morgan fingerprint density at radius 1 is 0.893 bits per heavy atom. The molecule has 0 spiro atoms. The average molecular weight is 371 g/mol. The van der Waals surface area contributed by atoms with Gasteiger partial charge in [-0.05, 0) is 5.56 Å². The number of nitrogens with one attached hydrogen (secondary N) is 1. The molecule has 1 N–H and O–H groups in total. The van der Waals surface area contributed by atoms with E-state index in [1.165, 1.54) is 5.56 Å². The highest BCUT2D eigenvalue weighted by Gasteiger charge is 2.23. The van der Waals surface area contributed by atoms with Crippen molar-refractivity contribution >= 4 is 16.9 Å². The topological polar surface area (TPSA) is 67.1 Å². The van der Waals surface area contributed by atoms with Gasteiger partial charge in [0, 0.05) is 38.2 Å². The van der Waals surface area contributed by atoms with E-state index in [0.717, 1.165) is 54.5 Å². The third-order valence-corrected chi connectivity index (χ3v) is 5.03. The minimum atomic E-state index is 0.549. The summed E-state index contributed by atoms with van der Waals surface area (Å²) in [6.45, 7) is 3.67. The van der Waals surface area contributed by atoms with E-state index in [-0.39, 0.29) is 0 Å². The molecule has 0 radical (unpaired) electrons. The SMILES string of the molecule is c1ccc(Cc2nc(N3CCNCC3)c3c(-c4ccccc4)noc3n2)cc1. The van der Waals surface area contributed by atoms with E-state index >= 15 is 0 Å². The van der Waals surface area contributed by atoms with Gasteiger partial charge in [0.25, 0.3) is 5.71 Å². The molecule has 1 saturated heterocycles. The fourth-order valence-electron chi connectivity index (χ4n) is 3.64. The zero-order valence-electron chi connectivity index (χ0n) is 15.5. The van der Waals surface area contributed by atoms with Gasteiger partial charge < -0.3 is 14.7 Å². The third kappa shape index (κ3) is 3.23. The second-order valence-corrected chi connectivity index (χ2v) is 6.94. The van der Waals surface area contributed by atoms with Crippen molar-refractivity contribution in [3.8, 4) is 11.3 Å². The standard InChI is InChI=1S/C22H21N5O/c1-3-7-16(8-4-1)15-18-24-21(27-13-11-23-12-14-27)19-20(26-28-22(19)25-18)17-9-5-2-6-10-17/h1-10,23H,11-15H2. The van der Waals surface area contributed by atoms with Gasteiger partial charge in [0.2, 0.25) is 0 Å². The van der Waals surface area contributed by atoms with Crippen LogP contribution in [0.3, 0.4) is 0 Å². The van der Waals surface area contributed by atoms with Crippen LogP contribution in [0.4, 0.5) is 5.82 Å². The van der Waals surface area contributed by atoms with Crippen molar-refractivity contribution in [2.75, 3.05) is 31.1 Å². The highest BCUT2D eigenvalue weighted by atomic mass is 16.5. The Kier molecular flexibility index (Phi) is 4.47. The number of nitrogens with zero attached hydrogens (tertiary/aromatic N) is 4. The minimum absolute atomic E-state index is 0.549. The van der Waals surface area contributed by atoms with Crippen LogP contribution in [0.15, 0.2) is 65.2 Å². The molecule has 4 aromatic rings. The first-order valence-corrected chi connectivity index (χ1v) is 9.60. The zero-order chi connectivity index (χ0) is 18.8. The number of anilines is 1. The molecule has 6 nitrogen and oxygen atoms in total. The first-order chi connectivity index (χ1) is 13.9. The normalized spacial score (nSPS) is 14.5. The van der Waals surface area contributed by atoms with Gasteiger partial charge in [-0.1, -0.05) is 65.8 Å². The van der Waals surface area contributed by atoms with E-state index in [0.29, 0.717) is 12.1 Å². The monoisotopic (exact) mass is 371 g/mol. The number of rotatable bonds is 4. The summed E-state index contributed by atoms with van der Waals surface area (Å²) in [5.74, 6) is 1.67. The molecule has 0 amide bonds. The van der Waals surface area contributed by atoms with E-state index in [9.17, 15) is 0 Å². The molecular weight excluding hydrogens is 350 g/mol. The largest absolute Gasteiger partial charge is 0.353 e. The average Bonchev–Trinajstić information content (AvgIpc) is 3.19. The second-order valence-electron chi connectivity index (χ2n) is 6.94. The summed E-state index contributed by atoms with van der Waals surface area (Å²) < 4.78 is 5.67. The number of hydrogen-bond donors (Lipinski definition) is 1. The van der Waals surface area contributed by atoms with Crippen LogP contribution in [0, 0.1) is 0 Å². The molecule has 0 aliphatic carbocycles. The van der Waals surface area contributed by atoms with Crippen molar-refractivity contribution in [2.45, 2.75) is 6.42 Å². The summed E-state index contributed by atoms with van der Waals surface area (Å²) >= 11 is 0. The maximum atomic E-state index is 5.67. The highest BCUT2D eigenvalue weighted by Crippen LogP contribution is 2.34. The molecule has 2 aromatic carbocycles. The molecule has 2 aromatic heterocycles. The van der Waals surface area contributed by atoms with Crippen LogP contribution in [-0.4, -0.2) is 41.3 Å². The molecule has 5 rings (SSSR count). The fraction of sp³-hybridized carbons (Fsp3) is 0.227. The number of hydrogen-bond acceptors (Lipinski definition) is 6. The van der Waals surface area contributed by atoms with E-state index in [1.807, 2.05) is 48.5 Å². The van der Waals surface area contributed by atoms with Gasteiger partial charge in [-0.3, -0.25) is 0 Å². The van der Waals surface area contributed by atoms with Crippen molar-refractivity contribution in [3.63, 3.8) is 0 Å². The Bertz CT molecular complexity index is 1070. The quantitative estimate of drug-likeness (QED) is 0.594. The lowest BCUT2D eigenvalue weighted by atomic mass is 10.1. The molecule has 1 fully saturated rings. The van der Waals surface area contributed by atoms with Crippen molar-refractivity contribution in [1.29, 1.82) is 0 Å². The fourth-order valence-corrected chi connectivity index (χ4v) is 3.64. The predicted octanol–water partition coefficient (Wildman–Crippen LogP) is 3.29. The minimum Gasteiger partial charge on any atom is -0.353 e. The summed E-state index contributed by atoms with van der Waals surface area (Å²) in [5, 5.41) is 8.65. The van der Waals surface area contributed by atoms with Gasteiger partial charge in [0.15, 0.2) is 0 Å². The Morgan fingerprint density at radius 2 is 1.61 bits per heavy atom. The van der Waals surface area contributed by atoms with Gasteiger partial charge in [0.1, 0.15) is 22.7 Å². The van der Waals surface area contributed by atoms with Crippen molar-refractivity contribution in [1.82, 2.24) is 20.4 Å². The maximum absolute atomic E-state index is 5.67. The Labute approximate surface area is 163 Å². The summed E-state index contributed by atoms with van der Waals surface area (Å²) in [7, 11) is 0. The Morgan fingerprint density at radius 3 is 2.36 bits per heavy atom. The van der Waals surface area contributed by atoms with Gasteiger partial charge >= 0.3 is 0 Å². The summed E-state index contributed by atoms with van der Waals surface area (Å²) in [6, 6.07) is 20.4. The number of fused-ring (bicyclic) bond motifs is 1. The highest BCUT2D eigenvalue weighted by molar-refractivity contribution is 5.98. The Hall–Kier alpha value is -3.25. The third-order valence-electron chi connectivity index (χ3n) is 5.03. The summed E-state index contributed by atoms with van der Waals surface area (Å²) in [4.78, 5) is 12.0. The first kappa shape index (κ1) is 16.9. The zero-order valence-corrected chi connectivity index (χ0v) is 15.5. The van der Waals surface area contributed by atoms with Gasteiger partial charge in [-0.2, -0.15) is 4.98 Å². The van der Waals surface area contributed by atoms with Crippen LogP contribution >= 0.6 is 0 Å². The molecule has 1 aliphatic rings. The molecule has 3 heterocycles. The molecule has 28 heavy (non-hydrogen) atoms. The molecule has 140 valence electrons.